The van der Waals surface area contributed by atoms with Crippen LogP contribution in [-0.4, -0.2) is 32.8 Å². The molecule has 0 heterocycles. The van der Waals surface area contributed by atoms with Crippen molar-refractivity contribution in [1.82, 2.24) is 5.32 Å². The summed E-state index contributed by atoms with van der Waals surface area (Å²) >= 11 is 6.13. The van der Waals surface area contributed by atoms with Gasteiger partial charge < -0.3 is 14.8 Å². The van der Waals surface area contributed by atoms with Crippen molar-refractivity contribution in [1.29, 1.82) is 0 Å². The fraction of sp³-hybridized carbons (Fsp3) is 0.316. The molecule has 2 rings (SSSR count). The number of benzene rings is 2. The Bertz CT molecular complexity index is 694. The van der Waals surface area contributed by atoms with Gasteiger partial charge in [-0.25, -0.2) is 0 Å². The van der Waals surface area contributed by atoms with Gasteiger partial charge in [-0.3, -0.25) is 10.1 Å². The van der Waals surface area contributed by atoms with Crippen LogP contribution in [0.1, 0.15) is 18.5 Å². The average Bonchev–Trinajstić information content (AvgIpc) is 2.61. The number of amides is 1. The summed E-state index contributed by atoms with van der Waals surface area (Å²) in [5.74, 6) is 0.390. The molecule has 5 nitrogen and oxygen atoms in total. The second-order valence-corrected chi connectivity index (χ2v) is 6.11. The maximum absolute atomic E-state index is 12.8. The van der Waals surface area contributed by atoms with Crippen LogP contribution < -0.4 is 15.4 Å². The Kier molecular flexibility index (Phi) is 7.25. The summed E-state index contributed by atoms with van der Waals surface area (Å²) in [6.07, 6.45) is 0. The smallest absolute Gasteiger partial charge is 0.246 e. The van der Waals surface area contributed by atoms with Crippen molar-refractivity contribution in [3.05, 3.63) is 59.1 Å². The normalized spacial score (nSPS) is 13.1. The molecular formula is C19H23ClN2O3. The van der Waals surface area contributed by atoms with Gasteiger partial charge in [-0.2, -0.15) is 0 Å². The molecule has 134 valence electrons. The van der Waals surface area contributed by atoms with E-state index in [1.807, 2.05) is 37.3 Å². The number of hydrogen-bond acceptors (Lipinski definition) is 4. The summed E-state index contributed by atoms with van der Waals surface area (Å²) in [5.41, 5.74) is 1.49. The van der Waals surface area contributed by atoms with Gasteiger partial charge in [-0.1, -0.05) is 41.9 Å². The molecule has 25 heavy (non-hydrogen) atoms. The Labute approximate surface area is 153 Å². The van der Waals surface area contributed by atoms with Crippen molar-refractivity contribution in [3.63, 3.8) is 0 Å². The van der Waals surface area contributed by atoms with Crippen molar-refractivity contribution in [2.75, 3.05) is 26.1 Å². The third kappa shape index (κ3) is 5.46. The quantitative estimate of drug-likeness (QED) is 0.752. The molecular weight excluding hydrogens is 340 g/mol. The molecule has 0 aromatic heterocycles. The summed E-state index contributed by atoms with van der Waals surface area (Å²) in [6.45, 7) is 2.47. The van der Waals surface area contributed by atoms with Crippen LogP contribution in [0.5, 0.6) is 5.75 Å². The molecule has 0 saturated heterocycles. The fourth-order valence-corrected chi connectivity index (χ4v) is 2.77. The summed E-state index contributed by atoms with van der Waals surface area (Å²) < 4.78 is 10.3. The third-order valence-corrected chi connectivity index (χ3v) is 3.98. The number of rotatable bonds is 8. The zero-order chi connectivity index (χ0) is 18.2. The van der Waals surface area contributed by atoms with E-state index in [2.05, 4.69) is 10.6 Å². The number of carbonyl (C=O) groups excluding carboxylic acids is 1. The molecule has 2 N–H and O–H groups in total. The summed E-state index contributed by atoms with van der Waals surface area (Å²) in [6, 6.07) is 14.2. The van der Waals surface area contributed by atoms with Gasteiger partial charge in [-0.05, 0) is 30.7 Å². The van der Waals surface area contributed by atoms with Crippen LogP contribution in [0.2, 0.25) is 5.02 Å². The minimum atomic E-state index is -0.507. The van der Waals surface area contributed by atoms with E-state index in [9.17, 15) is 4.79 Å². The van der Waals surface area contributed by atoms with Gasteiger partial charge in [-0.15, -0.1) is 0 Å². The highest BCUT2D eigenvalue weighted by molar-refractivity contribution is 6.32. The Morgan fingerprint density at radius 3 is 2.48 bits per heavy atom. The topological polar surface area (TPSA) is 59.6 Å². The van der Waals surface area contributed by atoms with Crippen molar-refractivity contribution in [3.8, 4) is 5.75 Å². The lowest BCUT2D eigenvalue weighted by Crippen LogP contribution is -2.40. The maximum atomic E-state index is 12.8. The lowest BCUT2D eigenvalue weighted by molar-refractivity contribution is -0.118. The van der Waals surface area contributed by atoms with Crippen molar-refractivity contribution < 1.29 is 14.3 Å². The first-order chi connectivity index (χ1) is 12.0. The number of nitrogens with one attached hydrogen (secondary N) is 2. The molecule has 2 aromatic rings. The van der Waals surface area contributed by atoms with Crippen LogP contribution in [0.25, 0.3) is 0 Å². The number of halogens is 1. The molecule has 0 saturated carbocycles. The number of methoxy groups -OCH3 is 2. The van der Waals surface area contributed by atoms with Crippen LogP contribution >= 0.6 is 11.6 Å². The lowest BCUT2D eigenvalue weighted by atomic mass is 10.0. The van der Waals surface area contributed by atoms with Gasteiger partial charge in [0.25, 0.3) is 0 Å². The highest BCUT2D eigenvalue weighted by atomic mass is 35.5. The van der Waals surface area contributed by atoms with Crippen LogP contribution in [0.3, 0.4) is 0 Å². The minimum Gasteiger partial charge on any atom is -0.495 e. The van der Waals surface area contributed by atoms with Crippen LogP contribution in [-0.2, 0) is 9.53 Å². The second-order valence-electron chi connectivity index (χ2n) is 5.71. The summed E-state index contributed by atoms with van der Waals surface area (Å²) in [4.78, 5) is 12.8. The molecule has 0 radical (unpaired) electrons. The Balaban J connectivity index is 2.18. The van der Waals surface area contributed by atoms with E-state index in [0.29, 0.717) is 23.1 Å². The van der Waals surface area contributed by atoms with Gasteiger partial charge in [0.15, 0.2) is 0 Å². The van der Waals surface area contributed by atoms with E-state index in [0.717, 1.165) is 5.56 Å². The van der Waals surface area contributed by atoms with Gasteiger partial charge in [0.2, 0.25) is 5.91 Å². The molecule has 2 aromatic carbocycles. The summed E-state index contributed by atoms with van der Waals surface area (Å²) in [7, 11) is 3.18. The predicted molar refractivity (Wildman–Crippen MR) is 100 cm³/mol. The zero-order valence-electron chi connectivity index (χ0n) is 14.6. The van der Waals surface area contributed by atoms with Gasteiger partial charge in [0, 0.05) is 18.8 Å². The lowest BCUT2D eigenvalue weighted by Gasteiger charge is -2.23. The molecule has 0 aliphatic heterocycles. The van der Waals surface area contributed by atoms with Crippen LogP contribution in [0.4, 0.5) is 5.69 Å². The van der Waals surface area contributed by atoms with E-state index in [4.69, 9.17) is 21.1 Å². The largest absolute Gasteiger partial charge is 0.495 e. The SMILES string of the molecule is COC[C@@H](C)N[C@H](C(=O)Nc1ccc(OC)c(Cl)c1)c1ccccc1. The van der Waals surface area contributed by atoms with E-state index in [1.165, 1.54) is 0 Å². The average molecular weight is 363 g/mol. The van der Waals surface area contributed by atoms with E-state index >= 15 is 0 Å². The third-order valence-electron chi connectivity index (χ3n) is 3.68. The first-order valence-electron chi connectivity index (χ1n) is 7.99. The number of ether oxygens (including phenoxy) is 2. The summed E-state index contributed by atoms with van der Waals surface area (Å²) in [5, 5.41) is 6.64. The van der Waals surface area contributed by atoms with Gasteiger partial charge in [0.1, 0.15) is 11.8 Å². The van der Waals surface area contributed by atoms with E-state index in [-0.39, 0.29) is 11.9 Å². The van der Waals surface area contributed by atoms with Gasteiger partial charge in [0.05, 0.1) is 18.7 Å². The molecule has 0 aliphatic rings. The van der Waals surface area contributed by atoms with E-state index < -0.39 is 6.04 Å². The predicted octanol–water partition coefficient (Wildman–Crippen LogP) is 3.65. The van der Waals surface area contributed by atoms with Crippen LogP contribution in [0.15, 0.2) is 48.5 Å². The van der Waals surface area contributed by atoms with Crippen molar-refractivity contribution in [2.45, 2.75) is 19.0 Å². The van der Waals surface area contributed by atoms with Crippen molar-refractivity contribution >= 4 is 23.2 Å². The molecule has 0 unspecified atom stereocenters. The monoisotopic (exact) mass is 362 g/mol. The molecule has 0 bridgehead atoms. The highest BCUT2D eigenvalue weighted by Gasteiger charge is 2.22. The highest BCUT2D eigenvalue weighted by Crippen LogP contribution is 2.27. The first kappa shape index (κ1) is 19.2. The zero-order valence-corrected chi connectivity index (χ0v) is 15.3. The Hall–Kier alpha value is -2.08. The second kappa shape index (κ2) is 9.42. The molecule has 0 spiro atoms. The maximum Gasteiger partial charge on any atom is 0.246 e. The van der Waals surface area contributed by atoms with Gasteiger partial charge >= 0.3 is 0 Å². The Morgan fingerprint density at radius 2 is 1.88 bits per heavy atom. The van der Waals surface area contributed by atoms with E-state index in [1.54, 1.807) is 32.4 Å². The standard InChI is InChI=1S/C19H23ClN2O3/c1-13(12-24-2)21-18(14-7-5-4-6-8-14)19(23)22-15-9-10-17(25-3)16(20)11-15/h4-11,13,18,21H,12H2,1-3H3,(H,22,23)/t13-,18+/m1/s1. The fourth-order valence-electron chi connectivity index (χ4n) is 2.51. The molecule has 1 amide bonds. The molecule has 2 atom stereocenters. The number of anilines is 1. The molecule has 6 heteroatoms. The Morgan fingerprint density at radius 1 is 1.16 bits per heavy atom. The number of carbonyl (C=O) groups is 1. The van der Waals surface area contributed by atoms with Crippen LogP contribution in [0, 0.1) is 0 Å². The number of hydrogen-bond donors (Lipinski definition) is 2. The molecule has 0 aliphatic carbocycles. The molecule has 0 fully saturated rings. The van der Waals surface area contributed by atoms with Crippen molar-refractivity contribution in [2.24, 2.45) is 0 Å². The minimum absolute atomic E-state index is 0.0143. The first-order valence-corrected chi connectivity index (χ1v) is 8.37.